The van der Waals surface area contributed by atoms with E-state index >= 15 is 0 Å². The molecule has 1 aliphatic heterocycles. The summed E-state index contributed by atoms with van der Waals surface area (Å²) >= 11 is 6.41. The molecular formula is C33H39ClN4. The first-order chi connectivity index (χ1) is 18.5. The van der Waals surface area contributed by atoms with Crippen LogP contribution >= 0.6 is 11.6 Å². The number of piperazine rings is 1. The largest absolute Gasteiger partial charge is 0.344 e. The molecule has 1 saturated heterocycles. The van der Waals surface area contributed by atoms with Crippen molar-refractivity contribution < 1.29 is 0 Å². The molecule has 4 aromatic rings. The third-order valence-corrected chi connectivity index (χ3v) is 8.99. The van der Waals surface area contributed by atoms with Crippen molar-refractivity contribution in [1.29, 1.82) is 0 Å². The topological polar surface area (TPSA) is 37.4 Å². The van der Waals surface area contributed by atoms with Gasteiger partial charge in [0.1, 0.15) is 0 Å². The zero-order valence-corrected chi connectivity index (χ0v) is 23.2. The average molecular weight is 527 g/mol. The minimum Gasteiger partial charge on any atom is -0.344 e. The molecule has 1 aliphatic carbocycles. The molecule has 0 unspecified atom stereocenters. The van der Waals surface area contributed by atoms with Gasteiger partial charge in [-0.05, 0) is 67.5 Å². The molecule has 0 atom stereocenters. The minimum atomic E-state index is 0.362. The van der Waals surface area contributed by atoms with Crippen molar-refractivity contribution in [1.82, 2.24) is 14.4 Å². The van der Waals surface area contributed by atoms with Crippen molar-refractivity contribution in [3.63, 3.8) is 0 Å². The maximum absolute atomic E-state index is 6.41. The number of benzene rings is 3. The standard InChI is InChI=1S/C33H39ClN4/c1-24-6-9-26(10-7-24)31-23-38(29-13-11-28(35)12-14-29)33-15-8-25(20-30(31)33)21-36-16-18-37(19-17-36)22-27-4-2-3-5-32(27)34/h2-10,15,20,23,28-29H,11-14,16-19,21-22,35H2,1H3. The van der Waals surface area contributed by atoms with Crippen molar-refractivity contribution in [2.24, 2.45) is 5.73 Å². The summed E-state index contributed by atoms with van der Waals surface area (Å²) in [5.41, 5.74) is 14.2. The summed E-state index contributed by atoms with van der Waals surface area (Å²) in [7, 11) is 0. The normalized spacial score (nSPS) is 21.2. The van der Waals surface area contributed by atoms with E-state index < -0.39 is 0 Å². The van der Waals surface area contributed by atoms with E-state index in [2.05, 4.69) is 82.1 Å². The van der Waals surface area contributed by atoms with Crippen LogP contribution in [-0.4, -0.2) is 46.6 Å². The SMILES string of the molecule is Cc1ccc(-c2cn(C3CCC(N)CC3)c3ccc(CN4CCN(Cc5ccccc5Cl)CC4)cc23)cc1. The van der Waals surface area contributed by atoms with Crippen molar-refractivity contribution >= 4 is 22.5 Å². The number of aromatic nitrogens is 1. The van der Waals surface area contributed by atoms with Crippen LogP contribution in [0.15, 0.2) is 72.9 Å². The Bertz CT molecular complexity index is 1380. The number of aryl methyl sites for hydroxylation is 1. The molecule has 0 bridgehead atoms. The lowest BCUT2D eigenvalue weighted by Gasteiger charge is -2.35. The molecule has 0 amide bonds. The number of hydrogen-bond donors (Lipinski definition) is 1. The average Bonchev–Trinajstić information content (AvgIpc) is 3.31. The maximum atomic E-state index is 6.41. The van der Waals surface area contributed by atoms with Gasteiger partial charge in [0, 0.05) is 79.0 Å². The maximum Gasteiger partial charge on any atom is 0.0489 e. The highest BCUT2D eigenvalue weighted by Gasteiger charge is 2.23. The molecule has 3 aromatic carbocycles. The van der Waals surface area contributed by atoms with Gasteiger partial charge in [-0.25, -0.2) is 0 Å². The Labute approximate surface area is 232 Å². The van der Waals surface area contributed by atoms with Gasteiger partial charge in [0.2, 0.25) is 0 Å². The Hall–Kier alpha value is -2.63. The first-order valence-corrected chi connectivity index (χ1v) is 14.6. The smallest absolute Gasteiger partial charge is 0.0489 e. The number of nitrogens with two attached hydrogens (primary N) is 1. The molecule has 6 rings (SSSR count). The molecule has 5 heteroatoms. The van der Waals surface area contributed by atoms with Crippen LogP contribution in [0.4, 0.5) is 0 Å². The van der Waals surface area contributed by atoms with Crippen LogP contribution in [-0.2, 0) is 13.1 Å². The lowest BCUT2D eigenvalue weighted by atomic mass is 9.91. The zero-order chi connectivity index (χ0) is 26.1. The molecule has 2 N–H and O–H groups in total. The van der Waals surface area contributed by atoms with Crippen LogP contribution in [0.2, 0.25) is 5.02 Å². The van der Waals surface area contributed by atoms with Crippen LogP contribution in [0.1, 0.15) is 48.4 Å². The molecule has 2 heterocycles. The fourth-order valence-corrected chi connectivity index (χ4v) is 6.47. The lowest BCUT2D eigenvalue weighted by Crippen LogP contribution is -2.45. The van der Waals surface area contributed by atoms with Crippen LogP contribution in [0.25, 0.3) is 22.0 Å². The Balaban J connectivity index is 1.21. The van der Waals surface area contributed by atoms with E-state index in [1.807, 2.05) is 12.1 Å². The van der Waals surface area contributed by atoms with Crippen molar-refractivity contribution in [3.8, 4) is 11.1 Å². The molecule has 2 fully saturated rings. The molecule has 38 heavy (non-hydrogen) atoms. The van der Waals surface area contributed by atoms with Gasteiger partial charge < -0.3 is 10.3 Å². The summed E-state index contributed by atoms with van der Waals surface area (Å²) in [6.07, 6.45) is 6.97. The summed E-state index contributed by atoms with van der Waals surface area (Å²) in [4.78, 5) is 5.11. The monoisotopic (exact) mass is 526 g/mol. The number of hydrogen-bond acceptors (Lipinski definition) is 3. The number of rotatable bonds is 6. The summed E-state index contributed by atoms with van der Waals surface area (Å²) in [6, 6.07) is 25.3. The first-order valence-electron chi connectivity index (χ1n) is 14.2. The second-order valence-corrected chi connectivity index (χ2v) is 11.8. The summed E-state index contributed by atoms with van der Waals surface area (Å²) in [5, 5.41) is 2.24. The van der Waals surface area contributed by atoms with Crippen molar-refractivity contribution in [3.05, 3.63) is 94.6 Å². The quantitative estimate of drug-likeness (QED) is 0.293. The highest BCUT2D eigenvalue weighted by molar-refractivity contribution is 6.31. The minimum absolute atomic E-state index is 0.362. The molecule has 2 aliphatic rings. The molecule has 0 spiro atoms. The molecule has 1 saturated carbocycles. The van der Waals surface area contributed by atoms with Crippen LogP contribution in [0.5, 0.6) is 0 Å². The fraction of sp³-hybridized carbons (Fsp3) is 0.394. The first kappa shape index (κ1) is 25.6. The highest BCUT2D eigenvalue weighted by Crippen LogP contribution is 2.37. The fourth-order valence-electron chi connectivity index (χ4n) is 6.28. The van der Waals surface area contributed by atoms with Gasteiger partial charge in [-0.15, -0.1) is 0 Å². The van der Waals surface area contributed by atoms with Gasteiger partial charge in [0.25, 0.3) is 0 Å². The molecule has 4 nitrogen and oxygen atoms in total. The van der Waals surface area contributed by atoms with Gasteiger partial charge in [-0.3, -0.25) is 9.80 Å². The van der Waals surface area contributed by atoms with Gasteiger partial charge in [0.05, 0.1) is 0 Å². The van der Waals surface area contributed by atoms with Gasteiger partial charge in [0.15, 0.2) is 0 Å². The summed E-state index contributed by atoms with van der Waals surface area (Å²) < 4.78 is 2.55. The lowest BCUT2D eigenvalue weighted by molar-refractivity contribution is 0.122. The summed E-state index contributed by atoms with van der Waals surface area (Å²) in [6.45, 7) is 8.38. The van der Waals surface area contributed by atoms with Gasteiger partial charge in [-0.2, -0.15) is 0 Å². The third kappa shape index (κ3) is 5.55. The predicted molar refractivity (Wildman–Crippen MR) is 160 cm³/mol. The van der Waals surface area contributed by atoms with E-state index in [1.165, 1.54) is 51.6 Å². The van der Waals surface area contributed by atoms with Crippen molar-refractivity contribution in [2.45, 2.75) is 57.8 Å². The Kier molecular flexibility index (Phi) is 7.58. The Morgan fingerprint density at radius 2 is 1.50 bits per heavy atom. The predicted octanol–water partition coefficient (Wildman–Crippen LogP) is 7.03. The van der Waals surface area contributed by atoms with Crippen LogP contribution in [0.3, 0.4) is 0 Å². The number of nitrogens with zero attached hydrogens (tertiary/aromatic N) is 3. The van der Waals surface area contributed by atoms with E-state index in [0.29, 0.717) is 12.1 Å². The number of halogens is 1. The Morgan fingerprint density at radius 1 is 0.816 bits per heavy atom. The Morgan fingerprint density at radius 3 is 2.21 bits per heavy atom. The molecule has 198 valence electrons. The second-order valence-electron chi connectivity index (χ2n) is 11.4. The second kappa shape index (κ2) is 11.2. The number of fused-ring (bicyclic) bond motifs is 1. The summed E-state index contributed by atoms with van der Waals surface area (Å²) in [5.74, 6) is 0. The van der Waals surface area contributed by atoms with Gasteiger partial charge >= 0.3 is 0 Å². The third-order valence-electron chi connectivity index (χ3n) is 8.62. The highest BCUT2D eigenvalue weighted by atomic mass is 35.5. The molecule has 0 radical (unpaired) electrons. The zero-order valence-electron chi connectivity index (χ0n) is 22.5. The molecular weight excluding hydrogens is 488 g/mol. The van der Waals surface area contributed by atoms with Gasteiger partial charge in [-0.1, -0.05) is 65.7 Å². The van der Waals surface area contributed by atoms with E-state index in [4.69, 9.17) is 17.3 Å². The van der Waals surface area contributed by atoms with E-state index in [9.17, 15) is 0 Å². The van der Waals surface area contributed by atoms with E-state index in [1.54, 1.807) is 0 Å². The van der Waals surface area contributed by atoms with Crippen LogP contribution in [0, 0.1) is 6.92 Å². The van der Waals surface area contributed by atoms with Crippen LogP contribution < -0.4 is 5.73 Å². The molecule has 1 aromatic heterocycles. The van der Waals surface area contributed by atoms with Crippen molar-refractivity contribution in [2.75, 3.05) is 26.2 Å². The van der Waals surface area contributed by atoms with E-state index in [0.717, 1.165) is 57.1 Å². The van der Waals surface area contributed by atoms with E-state index in [-0.39, 0.29) is 0 Å².